The Morgan fingerprint density at radius 3 is 2.51 bits per heavy atom. The smallest absolute Gasteiger partial charge is 0.326 e. The number of carbonyl (C=O) groups is 5. The lowest BCUT2D eigenvalue weighted by atomic mass is 10.0. The quantitative estimate of drug-likeness (QED) is 0.197. The van der Waals surface area contributed by atoms with Crippen LogP contribution in [0.15, 0.2) is 17.5 Å². The molecule has 0 saturated heterocycles. The third-order valence-corrected chi connectivity index (χ3v) is 7.48. The fourth-order valence-electron chi connectivity index (χ4n) is 3.50. The zero-order chi connectivity index (χ0) is 30.7. The van der Waals surface area contributed by atoms with Gasteiger partial charge in [0.25, 0.3) is 5.91 Å². The number of amides is 3. The maximum atomic E-state index is 12.6. The van der Waals surface area contributed by atoms with Gasteiger partial charge in [-0.05, 0) is 32.8 Å². The highest BCUT2D eigenvalue weighted by Crippen LogP contribution is 2.14. The maximum Gasteiger partial charge on any atom is 0.326 e. The number of hydrogen-bond donors (Lipinski definition) is 3. The normalized spacial score (nSPS) is 18.0. The molecule has 2 heterocycles. The van der Waals surface area contributed by atoms with E-state index in [1.165, 1.54) is 56.2 Å². The maximum absolute atomic E-state index is 12.6. The highest BCUT2D eigenvalue weighted by atomic mass is 32.2. The van der Waals surface area contributed by atoms with Gasteiger partial charge >= 0.3 is 5.97 Å². The van der Waals surface area contributed by atoms with Crippen LogP contribution in [0.5, 0.6) is 0 Å². The van der Waals surface area contributed by atoms with Gasteiger partial charge < -0.3 is 20.7 Å². The summed E-state index contributed by atoms with van der Waals surface area (Å²) >= 11 is 2.50. The van der Waals surface area contributed by atoms with Gasteiger partial charge in [-0.3, -0.25) is 24.0 Å². The Hall–Kier alpha value is -2.73. The van der Waals surface area contributed by atoms with E-state index in [0.29, 0.717) is 23.6 Å². The van der Waals surface area contributed by atoms with Gasteiger partial charge in [0, 0.05) is 17.6 Å². The summed E-state index contributed by atoms with van der Waals surface area (Å²) in [5.41, 5.74) is -1.16. The van der Waals surface area contributed by atoms with Crippen molar-refractivity contribution >= 4 is 51.9 Å². The Morgan fingerprint density at radius 2 is 1.80 bits per heavy atom. The number of rotatable bonds is 10. The van der Waals surface area contributed by atoms with Gasteiger partial charge in [-0.2, -0.15) is 0 Å². The number of unbranched alkanes of at least 4 members (excludes halogenated alkanes) is 4. The lowest BCUT2D eigenvalue weighted by molar-refractivity contribution is -0.148. The van der Waals surface area contributed by atoms with Gasteiger partial charge in [0.15, 0.2) is 5.12 Å². The second-order valence-electron chi connectivity index (χ2n) is 10.2. The Balaban J connectivity index is 0.00000268. The molecule has 41 heavy (non-hydrogen) atoms. The van der Waals surface area contributed by atoms with Crippen molar-refractivity contribution in [2.24, 2.45) is 0 Å². The number of nitrogens with zero attached hydrogens (tertiary/aromatic N) is 1. The Labute approximate surface area is 252 Å². The number of thioether (sulfide) groups is 1. The van der Waals surface area contributed by atoms with E-state index in [0.717, 1.165) is 19.3 Å². The molecule has 3 amide bonds. The van der Waals surface area contributed by atoms with Gasteiger partial charge in [-0.1, -0.05) is 70.7 Å². The Morgan fingerprint density at radius 1 is 1.10 bits per heavy atom. The van der Waals surface area contributed by atoms with Gasteiger partial charge in [0.1, 0.15) is 28.9 Å². The van der Waals surface area contributed by atoms with Gasteiger partial charge in [0.05, 0.1) is 13.0 Å². The largest absolute Gasteiger partial charge is 0.456 e. The molecule has 12 heteroatoms. The molecule has 1 aliphatic rings. The summed E-state index contributed by atoms with van der Waals surface area (Å²) in [7, 11) is 0. The topological polar surface area (TPSA) is 144 Å². The van der Waals surface area contributed by atoms with Crippen molar-refractivity contribution < 1.29 is 28.7 Å². The standard InChI is InChI=1S/C26H38N4O6S2.C3H8/c1-4-5-6-7-8-12-23(33)37-13-10-9-11-18-14-20(31)27-15-21-29-19(17-38-21)24(34)30-26(2,3)25(35)28-16-22(32)36-18;1-3-2/h9,11,17-18H,4-8,10,12-16H2,1-3H3,(H,27,31)(H,28,35)(H,30,34);3H2,1-2H3/b11-9+;. The van der Waals surface area contributed by atoms with Crippen LogP contribution in [0.25, 0.3) is 0 Å². The zero-order valence-electron chi connectivity index (χ0n) is 25.0. The lowest BCUT2D eigenvalue weighted by Crippen LogP contribution is -2.55. The number of allylic oxidation sites excluding steroid dienone is 1. The van der Waals surface area contributed by atoms with Crippen LogP contribution in [0.4, 0.5) is 0 Å². The van der Waals surface area contributed by atoms with Gasteiger partial charge in [-0.25, -0.2) is 4.98 Å². The van der Waals surface area contributed by atoms with Crippen molar-refractivity contribution in [1.29, 1.82) is 0 Å². The molecule has 10 nitrogen and oxygen atoms in total. The summed E-state index contributed by atoms with van der Waals surface area (Å²) in [5.74, 6) is -1.59. The highest BCUT2D eigenvalue weighted by molar-refractivity contribution is 8.13. The summed E-state index contributed by atoms with van der Waals surface area (Å²) in [4.78, 5) is 66.2. The molecule has 3 N–H and O–H groups in total. The molecule has 2 rings (SSSR count). The first-order valence-corrected chi connectivity index (χ1v) is 16.2. The predicted molar refractivity (Wildman–Crippen MR) is 164 cm³/mol. The Kier molecular flexibility index (Phi) is 17.9. The van der Waals surface area contributed by atoms with E-state index in [1.54, 1.807) is 17.5 Å². The van der Waals surface area contributed by atoms with Crippen LogP contribution in [0.2, 0.25) is 0 Å². The SMILES string of the molecule is CCC.CCCCCCCC(=O)SCC/C=C/C1CC(=O)NCc2nc(cs2)C(=O)NC(C)(C)C(=O)NCC(=O)O1. The fourth-order valence-corrected chi connectivity index (χ4v) is 4.98. The number of cyclic esters (lactones) is 1. The van der Waals surface area contributed by atoms with Gasteiger partial charge in [0.2, 0.25) is 11.8 Å². The van der Waals surface area contributed by atoms with Crippen molar-refractivity contribution in [3.8, 4) is 0 Å². The number of fused-ring (bicyclic) bond motifs is 2. The van der Waals surface area contributed by atoms with Gasteiger partial charge in [-0.15, -0.1) is 11.3 Å². The molecule has 230 valence electrons. The van der Waals surface area contributed by atoms with Crippen molar-refractivity contribution in [2.45, 2.75) is 111 Å². The predicted octanol–water partition coefficient (Wildman–Crippen LogP) is 4.68. The molecule has 1 aliphatic heterocycles. The number of carbonyl (C=O) groups excluding carboxylic acids is 5. The summed E-state index contributed by atoms with van der Waals surface area (Å²) in [5, 5.41) is 10.0. The van der Waals surface area contributed by atoms with Crippen LogP contribution in [0.3, 0.4) is 0 Å². The molecule has 2 bridgehead atoms. The molecule has 1 atom stereocenters. The molecular formula is C29H46N4O6S2. The van der Waals surface area contributed by atoms with Crippen LogP contribution in [0, 0.1) is 0 Å². The molecule has 1 aromatic rings. The molecular weight excluding hydrogens is 564 g/mol. The van der Waals surface area contributed by atoms with Crippen LogP contribution in [-0.4, -0.2) is 57.7 Å². The molecule has 0 fully saturated rings. The summed E-state index contributed by atoms with van der Waals surface area (Å²) < 4.78 is 5.43. The van der Waals surface area contributed by atoms with E-state index >= 15 is 0 Å². The number of aromatic nitrogens is 1. The molecule has 0 aliphatic carbocycles. The van der Waals surface area contributed by atoms with E-state index in [2.05, 4.69) is 41.7 Å². The van der Waals surface area contributed by atoms with Crippen LogP contribution in [0.1, 0.15) is 108 Å². The molecule has 1 unspecified atom stereocenters. The minimum absolute atomic E-state index is 0.113. The summed E-state index contributed by atoms with van der Waals surface area (Å²) in [6.07, 6.45) is 10.4. The zero-order valence-corrected chi connectivity index (χ0v) is 26.6. The van der Waals surface area contributed by atoms with E-state index in [9.17, 15) is 24.0 Å². The summed E-state index contributed by atoms with van der Waals surface area (Å²) in [6, 6.07) is 0. The van der Waals surface area contributed by atoms with Crippen LogP contribution < -0.4 is 16.0 Å². The van der Waals surface area contributed by atoms with Crippen molar-refractivity contribution in [2.75, 3.05) is 12.3 Å². The number of esters is 1. The second-order valence-corrected chi connectivity index (χ2v) is 12.3. The molecule has 0 saturated carbocycles. The number of ether oxygens (including phenoxy) is 1. The first-order chi connectivity index (χ1) is 19.5. The second kappa shape index (κ2) is 20.2. The highest BCUT2D eigenvalue weighted by Gasteiger charge is 2.31. The molecule has 1 aromatic heterocycles. The number of nitrogens with one attached hydrogen (secondary N) is 3. The fraction of sp³-hybridized carbons (Fsp3) is 0.655. The number of thiazole rings is 1. The average Bonchev–Trinajstić information content (AvgIpc) is 3.39. The minimum Gasteiger partial charge on any atom is -0.456 e. The average molecular weight is 611 g/mol. The molecule has 0 spiro atoms. The van der Waals surface area contributed by atoms with E-state index in [-0.39, 0.29) is 29.7 Å². The first-order valence-electron chi connectivity index (χ1n) is 14.4. The van der Waals surface area contributed by atoms with Crippen molar-refractivity contribution in [3.05, 3.63) is 28.2 Å². The minimum atomic E-state index is -1.30. The molecule has 0 aromatic carbocycles. The summed E-state index contributed by atoms with van der Waals surface area (Å²) in [6.45, 7) is 9.13. The van der Waals surface area contributed by atoms with Crippen LogP contribution >= 0.6 is 23.1 Å². The third kappa shape index (κ3) is 15.7. The lowest BCUT2D eigenvalue weighted by Gasteiger charge is -2.24. The van der Waals surface area contributed by atoms with Crippen molar-refractivity contribution in [1.82, 2.24) is 20.9 Å². The monoisotopic (exact) mass is 610 g/mol. The van der Waals surface area contributed by atoms with E-state index in [1.807, 2.05) is 0 Å². The third-order valence-electron chi connectivity index (χ3n) is 5.66. The van der Waals surface area contributed by atoms with E-state index < -0.39 is 36.0 Å². The number of hydrogen-bond acceptors (Lipinski definition) is 9. The molecule has 0 radical (unpaired) electrons. The first kappa shape index (κ1) is 36.3. The Bertz CT molecular complexity index is 1020. The van der Waals surface area contributed by atoms with E-state index in [4.69, 9.17) is 4.74 Å². The van der Waals surface area contributed by atoms with Crippen LogP contribution in [-0.2, 0) is 30.5 Å². The van der Waals surface area contributed by atoms with Crippen molar-refractivity contribution in [3.63, 3.8) is 0 Å².